The van der Waals surface area contributed by atoms with E-state index in [-0.39, 0.29) is 24.9 Å². The lowest BCUT2D eigenvalue weighted by Gasteiger charge is -2.37. The maximum absolute atomic E-state index is 12.1. The molecule has 1 saturated heterocycles. The quantitative estimate of drug-likeness (QED) is 0.697. The third-order valence-electron chi connectivity index (χ3n) is 4.62. The van der Waals surface area contributed by atoms with Gasteiger partial charge in [-0.05, 0) is 44.6 Å². The van der Waals surface area contributed by atoms with Crippen LogP contribution in [0.25, 0.3) is 0 Å². The third-order valence-corrected chi connectivity index (χ3v) is 4.95. The fourth-order valence-corrected chi connectivity index (χ4v) is 3.40. The van der Waals surface area contributed by atoms with E-state index in [1.807, 2.05) is 24.0 Å². The van der Waals surface area contributed by atoms with Crippen molar-refractivity contribution in [3.63, 3.8) is 0 Å². The molecule has 0 aliphatic carbocycles. The van der Waals surface area contributed by atoms with Gasteiger partial charge in [0.15, 0.2) is 0 Å². The molecule has 146 valence electrons. The molecule has 1 fully saturated rings. The molecule has 6 nitrogen and oxygen atoms in total. The first-order chi connectivity index (χ1) is 12.0. The molecule has 0 unspecified atom stereocenters. The number of carboxylic acid groups (broad SMARTS) is 1. The Labute approximate surface area is 165 Å². The van der Waals surface area contributed by atoms with Crippen LogP contribution in [-0.2, 0) is 9.59 Å². The molecule has 1 aromatic carbocycles. The zero-order valence-corrected chi connectivity index (χ0v) is 16.6. The normalized spacial score (nSPS) is 15.5. The second-order valence-electron chi connectivity index (χ2n) is 6.31. The molecule has 1 aromatic rings. The molecule has 26 heavy (non-hydrogen) atoms. The van der Waals surface area contributed by atoms with E-state index in [1.54, 1.807) is 12.1 Å². The van der Waals surface area contributed by atoms with Gasteiger partial charge in [-0.2, -0.15) is 0 Å². The van der Waals surface area contributed by atoms with Crippen LogP contribution >= 0.6 is 24.0 Å². The molecule has 1 heterocycles. The number of likely N-dealkylation sites (N-methyl/N-ethyl adjacent to an activating group) is 1. The molecule has 1 aliphatic rings. The van der Waals surface area contributed by atoms with E-state index < -0.39 is 5.97 Å². The minimum atomic E-state index is -0.777. The highest BCUT2D eigenvalue weighted by Gasteiger charge is 2.25. The van der Waals surface area contributed by atoms with Gasteiger partial charge in [-0.15, -0.1) is 12.4 Å². The van der Waals surface area contributed by atoms with Crippen LogP contribution in [0.15, 0.2) is 24.3 Å². The van der Waals surface area contributed by atoms with Gasteiger partial charge in [0.25, 0.3) is 0 Å². The number of benzene rings is 1. The van der Waals surface area contributed by atoms with Crippen LogP contribution < -0.4 is 5.32 Å². The fourth-order valence-electron chi connectivity index (χ4n) is 3.22. The highest BCUT2D eigenvalue weighted by molar-refractivity contribution is 6.33. The Bertz CT molecular complexity index is 593. The topological polar surface area (TPSA) is 72.9 Å². The number of likely N-dealkylation sites (tertiary alicyclic amines) is 1. The lowest BCUT2D eigenvalue weighted by molar-refractivity contribution is -0.139. The van der Waals surface area contributed by atoms with Gasteiger partial charge in [-0.3, -0.25) is 14.5 Å². The number of piperidine rings is 1. The second kappa shape index (κ2) is 11.4. The maximum Gasteiger partial charge on any atom is 0.317 e. The van der Waals surface area contributed by atoms with E-state index in [2.05, 4.69) is 10.2 Å². The average molecular weight is 404 g/mol. The van der Waals surface area contributed by atoms with E-state index in [0.717, 1.165) is 32.5 Å². The molecule has 0 atom stereocenters. The van der Waals surface area contributed by atoms with Crippen LogP contribution in [-0.4, -0.2) is 65.5 Å². The summed E-state index contributed by atoms with van der Waals surface area (Å²) in [6.07, 6.45) is 2.29. The van der Waals surface area contributed by atoms with Gasteiger partial charge in [0.1, 0.15) is 0 Å². The number of hydrogen-bond donors (Lipinski definition) is 2. The largest absolute Gasteiger partial charge is 0.480 e. The van der Waals surface area contributed by atoms with Crippen molar-refractivity contribution >= 4 is 41.6 Å². The Morgan fingerprint density at radius 2 is 1.96 bits per heavy atom. The minimum Gasteiger partial charge on any atom is -0.480 e. The van der Waals surface area contributed by atoms with Crippen molar-refractivity contribution in [1.82, 2.24) is 9.80 Å². The van der Waals surface area contributed by atoms with Crippen molar-refractivity contribution < 1.29 is 14.7 Å². The summed E-state index contributed by atoms with van der Waals surface area (Å²) in [7, 11) is 0. The van der Waals surface area contributed by atoms with Gasteiger partial charge in [-0.1, -0.05) is 30.7 Å². The second-order valence-corrected chi connectivity index (χ2v) is 6.71. The van der Waals surface area contributed by atoms with Crippen LogP contribution in [0.2, 0.25) is 5.02 Å². The van der Waals surface area contributed by atoms with E-state index >= 15 is 0 Å². The zero-order valence-electron chi connectivity index (χ0n) is 15.0. The van der Waals surface area contributed by atoms with Crippen molar-refractivity contribution in [1.29, 1.82) is 0 Å². The smallest absolute Gasteiger partial charge is 0.317 e. The number of aliphatic carboxylic acids is 1. The molecule has 0 aromatic heterocycles. The summed E-state index contributed by atoms with van der Waals surface area (Å²) in [5.74, 6) is -0.822. The van der Waals surface area contributed by atoms with E-state index in [4.69, 9.17) is 16.7 Å². The van der Waals surface area contributed by atoms with Crippen LogP contribution in [0, 0.1) is 0 Å². The van der Waals surface area contributed by atoms with E-state index in [1.165, 1.54) is 0 Å². The maximum atomic E-state index is 12.1. The molecule has 0 bridgehead atoms. The monoisotopic (exact) mass is 403 g/mol. The molecule has 0 saturated carbocycles. The lowest BCUT2D eigenvalue weighted by atomic mass is 10.0. The number of nitrogens with one attached hydrogen (secondary N) is 1. The molecular weight excluding hydrogens is 377 g/mol. The summed E-state index contributed by atoms with van der Waals surface area (Å²) in [4.78, 5) is 27.3. The van der Waals surface area contributed by atoms with Crippen molar-refractivity contribution in [2.24, 2.45) is 0 Å². The highest BCUT2D eigenvalue weighted by Crippen LogP contribution is 2.21. The molecule has 1 aliphatic heterocycles. The van der Waals surface area contributed by atoms with E-state index in [0.29, 0.717) is 29.7 Å². The minimum absolute atomic E-state index is 0. The Balaban J connectivity index is 0.00000338. The van der Waals surface area contributed by atoms with Gasteiger partial charge in [0, 0.05) is 19.0 Å². The first-order valence-electron chi connectivity index (χ1n) is 8.72. The summed E-state index contributed by atoms with van der Waals surface area (Å²) >= 11 is 6.04. The number of anilines is 1. The molecule has 2 N–H and O–H groups in total. The molecule has 8 heteroatoms. The first-order valence-corrected chi connectivity index (χ1v) is 9.10. The Morgan fingerprint density at radius 3 is 2.54 bits per heavy atom. The number of rotatable bonds is 8. The van der Waals surface area contributed by atoms with E-state index in [9.17, 15) is 9.59 Å². The first kappa shape index (κ1) is 22.7. The van der Waals surface area contributed by atoms with Crippen LogP contribution in [0.4, 0.5) is 5.69 Å². The molecular formula is C18H27Cl2N3O3. The van der Waals surface area contributed by atoms with Gasteiger partial charge < -0.3 is 15.3 Å². The van der Waals surface area contributed by atoms with Crippen molar-refractivity contribution in [2.75, 3.05) is 38.0 Å². The number of carboxylic acids is 1. The fraction of sp³-hybridized carbons (Fsp3) is 0.556. The number of halogens is 2. The molecule has 1 amide bonds. The number of amides is 1. The number of carbonyl (C=O) groups excluding carboxylic acids is 1. The molecule has 2 rings (SSSR count). The Kier molecular flexibility index (Phi) is 9.94. The number of hydrogen-bond acceptors (Lipinski definition) is 4. The third kappa shape index (κ3) is 7.11. The number of carbonyl (C=O) groups is 2. The van der Waals surface area contributed by atoms with Gasteiger partial charge in [0.2, 0.25) is 5.91 Å². The summed E-state index contributed by atoms with van der Waals surface area (Å²) in [5.41, 5.74) is 0.639. The summed E-state index contributed by atoms with van der Waals surface area (Å²) in [5, 5.41) is 12.4. The SMILES string of the molecule is CCN(CC(=O)O)C1CCN(CCC(=O)Nc2ccccc2Cl)CC1.Cl. The number of nitrogens with zero attached hydrogens (tertiary/aromatic N) is 2. The molecule has 0 spiro atoms. The van der Waals surface area contributed by atoms with Gasteiger partial charge in [0.05, 0.1) is 17.3 Å². The average Bonchev–Trinajstić information content (AvgIpc) is 2.60. The molecule has 0 radical (unpaired) electrons. The van der Waals surface area contributed by atoms with Crippen LogP contribution in [0.3, 0.4) is 0 Å². The highest BCUT2D eigenvalue weighted by atomic mass is 35.5. The predicted octanol–water partition coefficient (Wildman–Crippen LogP) is 2.96. The zero-order chi connectivity index (χ0) is 18.2. The lowest BCUT2D eigenvalue weighted by Crippen LogP contribution is -2.47. The Morgan fingerprint density at radius 1 is 1.31 bits per heavy atom. The van der Waals surface area contributed by atoms with Crippen molar-refractivity contribution in [3.05, 3.63) is 29.3 Å². The van der Waals surface area contributed by atoms with Crippen molar-refractivity contribution in [2.45, 2.75) is 32.2 Å². The van der Waals surface area contributed by atoms with Gasteiger partial charge >= 0.3 is 5.97 Å². The summed E-state index contributed by atoms with van der Waals surface area (Å²) in [6, 6.07) is 7.51. The van der Waals surface area contributed by atoms with Crippen LogP contribution in [0.1, 0.15) is 26.2 Å². The van der Waals surface area contributed by atoms with Crippen LogP contribution in [0.5, 0.6) is 0 Å². The summed E-state index contributed by atoms with van der Waals surface area (Å²) in [6.45, 7) is 5.32. The summed E-state index contributed by atoms with van der Waals surface area (Å²) < 4.78 is 0. The standard InChI is InChI=1S/C18H26ClN3O3.ClH/c1-2-22(13-18(24)25)14-7-10-21(11-8-14)12-9-17(23)20-16-6-4-3-5-15(16)19;/h3-6,14H,2,7-13H2,1H3,(H,20,23)(H,24,25);1H. The van der Waals surface area contributed by atoms with Crippen molar-refractivity contribution in [3.8, 4) is 0 Å². The predicted molar refractivity (Wildman–Crippen MR) is 106 cm³/mol. The van der Waals surface area contributed by atoms with Gasteiger partial charge in [-0.25, -0.2) is 0 Å². The Hall–Kier alpha value is -1.34. The number of para-hydroxylation sites is 1.